The average Bonchev–Trinajstić information content (AvgIpc) is 2.72. The quantitative estimate of drug-likeness (QED) is 0.507. The van der Waals surface area contributed by atoms with Crippen LogP contribution in [0.3, 0.4) is 0 Å². The summed E-state index contributed by atoms with van der Waals surface area (Å²) in [4.78, 5) is 31.2. The molecule has 29 heavy (non-hydrogen) atoms. The van der Waals surface area contributed by atoms with E-state index in [1.165, 1.54) is 18.2 Å². The molecule has 2 heterocycles. The lowest BCUT2D eigenvalue weighted by Gasteiger charge is -2.29. The summed E-state index contributed by atoms with van der Waals surface area (Å²) in [5.74, 6) is -0.386. The number of aromatic nitrogens is 1. The molecule has 0 spiro atoms. The third-order valence-corrected chi connectivity index (χ3v) is 5.44. The number of rotatable bonds is 4. The molecular formula is C21H19ClN4O3. The van der Waals surface area contributed by atoms with E-state index in [-0.39, 0.29) is 22.3 Å². The van der Waals surface area contributed by atoms with Crippen LogP contribution in [0, 0.1) is 10.1 Å². The van der Waals surface area contributed by atoms with Gasteiger partial charge in [0.25, 0.3) is 11.6 Å². The van der Waals surface area contributed by atoms with Gasteiger partial charge in [0.05, 0.1) is 16.0 Å². The molecule has 2 aromatic carbocycles. The molecule has 148 valence electrons. The van der Waals surface area contributed by atoms with E-state index < -0.39 is 4.92 Å². The Hall–Kier alpha value is -3.03. The molecule has 0 unspecified atom stereocenters. The number of pyridine rings is 1. The van der Waals surface area contributed by atoms with Gasteiger partial charge in [0.1, 0.15) is 5.69 Å². The Balaban J connectivity index is 1.83. The van der Waals surface area contributed by atoms with Gasteiger partial charge in [-0.25, -0.2) is 0 Å². The topological polar surface area (TPSA) is 88.4 Å². The van der Waals surface area contributed by atoms with Crippen molar-refractivity contribution in [2.75, 3.05) is 18.4 Å². The van der Waals surface area contributed by atoms with E-state index in [2.05, 4.69) is 17.1 Å². The number of nitro groups is 1. The molecule has 1 aliphatic rings. The Labute approximate surface area is 172 Å². The van der Waals surface area contributed by atoms with Crippen LogP contribution in [-0.4, -0.2) is 33.8 Å². The Bertz CT molecular complexity index is 1130. The Kier molecular flexibility index (Phi) is 5.17. The van der Waals surface area contributed by atoms with Crippen LogP contribution >= 0.6 is 11.6 Å². The lowest BCUT2D eigenvalue weighted by molar-refractivity contribution is -0.383. The minimum atomic E-state index is -0.555. The lowest BCUT2D eigenvalue weighted by atomic mass is 9.95. The van der Waals surface area contributed by atoms with Crippen molar-refractivity contribution in [2.45, 2.75) is 19.9 Å². The van der Waals surface area contributed by atoms with Crippen LogP contribution in [0.2, 0.25) is 5.02 Å². The molecule has 4 rings (SSSR count). The molecular weight excluding hydrogens is 392 g/mol. The van der Waals surface area contributed by atoms with Gasteiger partial charge >= 0.3 is 0 Å². The average molecular weight is 411 g/mol. The van der Waals surface area contributed by atoms with Gasteiger partial charge < -0.3 is 5.32 Å². The Morgan fingerprint density at radius 3 is 2.86 bits per heavy atom. The number of hydrogen-bond acceptors (Lipinski definition) is 5. The number of nitrogens with zero attached hydrogens (tertiary/aromatic N) is 3. The molecule has 1 N–H and O–H groups in total. The third kappa shape index (κ3) is 3.66. The van der Waals surface area contributed by atoms with E-state index in [0.717, 1.165) is 41.7 Å². The first-order chi connectivity index (χ1) is 14.0. The van der Waals surface area contributed by atoms with Crippen molar-refractivity contribution in [3.05, 3.63) is 74.4 Å². The monoisotopic (exact) mass is 410 g/mol. The highest BCUT2D eigenvalue weighted by molar-refractivity contribution is 6.31. The molecule has 8 heteroatoms. The van der Waals surface area contributed by atoms with Crippen LogP contribution in [0.4, 0.5) is 11.4 Å². The first kappa shape index (κ1) is 19.3. The van der Waals surface area contributed by atoms with Crippen LogP contribution in [-0.2, 0) is 13.0 Å². The Morgan fingerprint density at radius 1 is 1.31 bits per heavy atom. The van der Waals surface area contributed by atoms with Crippen molar-refractivity contribution in [1.82, 2.24) is 9.88 Å². The number of halogens is 1. The zero-order chi connectivity index (χ0) is 20.5. The minimum Gasteiger partial charge on any atom is -0.316 e. The molecule has 0 atom stereocenters. The van der Waals surface area contributed by atoms with E-state index in [9.17, 15) is 14.9 Å². The van der Waals surface area contributed by atoms with Crippen LogP contribution in [0.15, 0.2) is 42.5 Å². The Morgan fingerprint density at radius 2 is 2.10 bits per heavy atom. The molecule has 0 bridgehead atoms. The fraction of sp³-hybridized carbons (Fsp3) is 0.238. The van der Waals surface area contributed by atoms with Crippen molar-refractivity contribution in [1.29, 1.82) is 0 Å². The molecule has 1 aromatic heterocycles. The highest BCUT2D eigenvalue weighted by Crippen LogP contribution is 2.31. The second-order valence-electron chi connectivity index (χ2n) is 6.92. The normalized spacial score (nSPS) is 13.9. The number of likely N-dealkylation sites (N-methyl/N-ethyl adjacent to an activating group) is 1. The number of benzene rings is 2. The molecule has 0 saturated heterocycles. The van der Waals surface area contributed by atoms with Gasteiger partial charge in [0, 0.05) is 47.2 Å². The molecule has 0 fully saturated rings. The summed E-state index contributed by atoms with van der Waals surface area (Å²) in [6, 6.07) is 11.7. The van der Waals surface area contributed by atoms with E-state index in [1.54, 1.807) is 0 Å². The van der Waals surface area contributed by atoms with Gasteiger partial charge in [-0.3, -0.25) is 24.8 Å². The van der Waals surface area contributed by atoms with Crippen molar-refractivity contribution < 1.29 is 9.72 Å². The molecule has 3 aromatic rings. The molecule has 0 saturated carbocycles. The second-order valence-corrected chi connectivity index (χ2v) is 7.36. The highest BCUT2D eigenvalue weighted by atomic mass is 35.5. The zero-order valence-corrected chi connectivity index (χ0v) is 16.6. The standard InChI is InChI=1S/C21H19ClN4O3/c1-2-25-10-9-17-15(12-25)20(14-5-3-4-6-16(14)23-17)21(27)24-18-8-7-13(22)11-19(18)26(28)29/h3-8,11H,2,9-10,12H2,1H3,(H,24,27). The molecule has 0 radical (unpaired) electrons. The lowest BCUT2D eigenvalue weighted by Crippen LogP contribution is -2.33. The van der Waals surface area contributed by atoms with Gasteiger partial charge in [-0.15, -0.1) is 0 Å². The maximum Gasteiger partial charge on any atom is 0.294 e. The second kappa shape index (κ2) is 7.77. The summed E-state index contributed by atoms with van der Waals surface area (Å²) in [6.45, 7) is 4.46. The fourth-order valence-corrected chi connectivity index (χ4v) is 3.89. The van der Waals surface area contributed by atoms with E-state index in [0.29, 0.717) is 12.1 Å². The summed E-state index contributed by atoms with van der Waals surface area (Å²) in [6.07, 6.45) is 0.759. The highest BCUT2D eigenvalue weighted by Gasteiger charge is 2.26. The smallest absolute Gasteiger partial charge is 0.294 e. The van der Waals surface area contributed by atoms with Gasteiger partial charge in [-0.05, 0) is 24.7 Å². The largest absolute Gasteiger partial charge is 0.316 e. The molecule has 1 aliphatic heterocycles. The maximum absolute atomic E-state index is 13.3. The molecule has 0 aliphatic carbocycles. The number of amides is 1. The van der Waals surface area contributed by atoms with Crippen LogP contribution in [0.5, 0.6) is 0 Å². The number of hydrogen-bond donors (Lipinski definition) is 1. The van der Waals surface area contributed by atoms with E-state index in [4.69, 9.17) is 16.6 Å². The minimum absolute atomic E-state index is 0.113. The summed E-state index contributed by atoms with van der Waals surface area (Å²) in [5.41, 5.74) is 2.92. The number of anilines is 1. The van der Waals surface area contributed by atoms with Crippen molar-refractivity contribution in [3.63, 3.8) is 0 Å². The van der Waals surface area contributed by atoms with Crippen LogP contribution in [0.25, 0.3) is 10.9 Å². The van der Waals surface area contributed by atoms with Crippen LogP contribution < -0.4 is 5.32 Å². The fourth-order valence-electron chi connectivity index (χ4n) is 3.72. The van der Waals surface area contributed by atoms with Gasteiger partial charge in [0.2, 0.25) is 0 Å². The third-order valence-electron chi connectivity index (χ3n) is 5.20. The summed E-state index contributed by atoms with van der Waals surface area (Å²) >= 11 is 5.89. The first-order valence-corrected chi connectivity index (χ1v) is 9.74. The number of para-hydroxylation sites is 1. The number of carbonyl (C=O) groups excluding carboxylic acids is 1. The number of carbonyl (C=O) groups is 1. The summed E-state index contributed by atoms with van der Waals surface area (Å²) in [7, 11) is 0. The van der Waals surface area contributed by atoms with Crippen molar-refractivity contribution >= 4 is 39.8 Å². The van der Waals surface area contributed by atoms with Gasteiger partial charge in [0.15, 0.2) is 0 Å². The van der Waals surface area contributed by atoms with Gasteiger partial charge in [-0.2, -0.15) is 0 Å². The first-order valence-electron chi connectivity index (χ1n) is 9.36. The van der Waals surface area contributed by atoms with E-state index >= 15 is 0 Å². The number of nitro benzene ring substituents is 1. The van der Waals surface area contributed by atoms with Gasteiger partial charge in [-0.1, -0.05) is 36.7 Å². The zero-order valence-electron chi connectivity index (χ0n) is 15.8. The summed E-state index contributed by atoms with van der Waals surface area (Å²) < 4.78 is 0. The van der Waals surface area contributed by atoms with Crippen molar-refractivity contribution in [2.24, 2.45) is 0 Å². The number of fused-ring (bicyclic) bond motifs is 2. The SMILES string of the molecule is CCN1CCc2nc3ccccc3c(C(=O)Nc3ccc(Cl)cc3[N+](=O)[O-])c2C1. The number of nitrogens with one attached hydrogen (secondary N) is 1. The summed E-state index contributed by atoms with van der Waals surface area (Å²) in [5, 5.41) is 15.1. The van der Waals surface area contributed by atoms with E-state index in [1.807, 2.05) is 24.3 Å². The maximum atomic E-state index is 13.3. The molecule has 1 amide bonds. The van der Waals surface area contributed by atoms with Crippen molar-refractivity contribution in [3.8, 4) is 0 Å². The predicted molar refractivity (Wildman–Crippen MR) is 112 cm³/mol. The molecule has 7 nitrogen and oxygen atoms in total. The van der Waals surface area contributed by atoms with Crippen LogP contribution in [0.1, 0.15) is 28.5 Å². The predicted octanol–water partition coefficient (Wildman–Crippen LogP) is 4.43.